The number of hydrogen-bond donors (Lipinski definition) is 2. The van der Waals surface area contributed by atoms with Gasteiger partial charge in [0.1, 0.15) is 23.2 Å². The molecule has 2 fully saturated rings. The molecular formula is C29H27F2N9O. The van der Waals surface area contributed by atoms with Crippen LogP contribution in [0.4, 0.5) is 14.6 Å². The van der Waals surface area contributed by atoms with E-state index >= 15 is 4.39 Å². The number of piperidine rings is 1. The molecule has 0 radical (unpaired) electrons. The van der Waals surface area contributed by atoms with Crippen LogP contribution in [0.3, 0.4) is 0 Å². The summed E-state index contributed by atoms with van der Waals surface area (Å²) in [6, 6.07) is 9.00. The fraction of sp³-hybridized carbons (Fsp3) is 0.345. The number of aliphatic hydroxyl groups is 1. The van der Waals surface area contributed by atoms with Crippen LogP contribution < -0.4 is 10.6 Å². The van der Waals surface area contributed by atoms with Crippen LogP contribution in [0.1, 0.15) is 44.2 Å². The SMILES string of the molecule is CC1(O)CC(n2nnc3cc(-c4c(-c5ccc(C#N)c(F)c5)nc5c(N6CCC[C@@H](N)C6)nccn45)c(F)cc32)C1. The summed E-state index contributed by atoms with van der Waals surface area (Å²) in [7, 11) is 0. The normalized spacial score (nSPS) is 22.7. The molecule has 3 aromatic heterocycles. The Morgan fingerprint density at radius 1 is 1.17 bits per heavy atom. The summed E-state index contributed by atoms with van der Waals surface area (Å²) in [5.41, 5.74) is 8.21. The summed E-state index contributed by atoms with van der Waals surface area (Å²) in [5, 5.41) is 28.0. The second kappa shape index (κ2) is 9.29. The predicted molar refractivity (Wildman–Crippen MR) is 148 cm³/mol. The summed E-state index contributed by atoms with van der Waals surface area (Å²) in [4.78, 5) is 11.6. The van der Waals surface area contributed by atoms with Crippen LogP contribution in [0, 0.1) is 23.0 Å². The first-order chi connectivity index (χ1) is 19.7. The van der Waals surface area contributed by atoms with E-state index in [0.717, 1.165) is 19.4 Å². The molecular weight excluding hydrogens is 528 g/mol. The average Bonchev–Trinajstić information content (AvgIpc) is 3.52. The van der Waals surface area contributed by atoms with Crippen molar-refractivity contribution in [3.8, 4) is 28.6 Å². The van der Waals surface area contributed by atoms with Crippen molar-refractivity contribution in [2.75, 3.05) is 18.0 Å². The highest BCUT2D eigenvalue weighted by atomic mass is 19.1. The molecule has 4 heterocycles. The van der Waals surface area contributed by atoms with Crippen molar-refractivity contribution < 1.29 is 13.9 Å². The van der Waals surface area contributed by atoms with Crippen LogP contribution in [0.2, 0.25) is 0 Å². The molecule has 0 spiro atoms. The van der Waals surface area contributed by atoms with Gasteiger partial charge in [0.25, 0.3) is 0 Å². The van der Waals surface area contributed by atoms with Crippen molar-refractivity contribution in [2.45, 2.75) is 50.3 Å². The van der Waals surface area contributed by atoms with Gasteiger partial charge in [-0.2, -0.15) is 5.26 Å². The summed E-state index contributed by atoms with van der Waals surface area (Å²) in [6.45, 7) is 3.12. The van der Waals surface area contributed by atoms with Crippen molar-refractivity contribution in [1.29, 1.82) is 5.26 Å². The smallest absolute Gasteiger partial charge is 0.181 e. The van der Waals surface area contributed by atoms with Gasteiger partial charge in [0.05, 0.1) is 34.1 Å². The minimum atomic E-state index is -0.771. The molecule has 5 aromatic rings. The van der Waals surface area contributed by atoms with Crippen molar-refractivity contribution in [1.82, 2.24) is 29.4 Å². The average molecular weight is 556 g/mol. The Kier molecular flexibility index (Phi) is 5.78. The number of nitrogens with zero attached hydrogens (tertiary/aromatic N) is 8. The number of halogens is 2. The van der Waals surface area contributed by atoms with Gasteiger partial charge in [-0.05, 0) is 50.8 Å². The minimum Gasteiger partial charge on any atom is -0.390 e. The number of hydrogen-bond acceptors (Lipinski definition) is 8. The highest BCUT2D eigenvalue weighted by Gasteiger charge is 2.41. The highest BCUT2D eigenvalue weighted by Crippen LogP contribution is 2.43. The predicted octanol–water partition coefficient (Wildman–Crippen LogP) is 3.97. The first-order valence-corrected chi connectivity index (χ1v) is 13.6. The molecule has 0 bridgehead atoms. The van der Waals surface area contributed by atoms with Gasteiger partial charge in [0.2, 0.25) is 0 Å². The number of nitriles is 1. The molecule has 41 heavy (non-hydrogen) atoms. The summed E-state index contributed by atoms with van der Waals surface area (Å²) < 4.78 is 34.3. The van der Waals surface area contributed by atoms with Crippen LogP contribution in [-0.2, 0) is 0 Å². The fourth-order valence-electron chi connectivity index (χ4n) is 6.14. The third kappa shape index (κ3) is 4.20. The zero-order chi connectivity index (χ0) is 28.5. The van der Waals surface area contributed by atoms with E-state index in [4.69, 9.17) is 10.7 Å². The monoisotopic (exact) mass is 555 g/mol. The maximum absolute atomic E-state index is 16.1. The molecule has 208 valence electrons. The second-order valence-corrected chi connectivity index (χ2v) is 11.3. The van der Waals surface area contributed by atoms with Gasteiger partial charge in [0, 0.05) is 48.7 Å². The van der Waals surface area contributed by atoms with Crippen LogP contribution >= 0.6 is 0 Å². The largest absolute Gasteiger partial charge is 0.390 e. The van der Waals surface area contributed by atoms with Crippen LogP contribution in [0.25, 0.3) is 39.2 Å². The van der Waals surface area contributed by atoms with Gasteiger partial charge in [-0.3, -0.25) is 4.40 Å². The number of benzene rings is 2. The zero-order valence-corrected chi connectivity index (χ0v) is 22.3. The summed E-state index contributed by atoms with van der Waals surface area (Å²) in [6.07, 6.45) is 6.16. The van der Waals surface area contributed by atoms with E-state index in [0.29, 0.717) is 58.8 Å². The summed E-state index contributed by atoms with van der Waals surface area (Å²) >= 11 is 0. The highest BCUT2D eigenvalue weighted by molar-refractivity contribution is 5.89. The molecule has 1 atom stereocenters. The van der Waals surface area contributed by atoms with E-state index in [2.05, 4.69) is 20.2 Å². The number of rotatable bonds is 4. The maximum atomic E-state index is 16.1. The Morgan fingerprint density at radius 2 is 2.00 bits per heavy atom. The fourth-order valence-corrected chi connectivity index (χ4v) is 6.14. The topological polar surface area (TPSA) is 134 Å². The molecule has 3 N–H and O–H groups in total. The number of aromatic nitrogens is 6. The third-order valence-electron chi connectivity index (χ3n) is 8.16. The van der Waals surface area contributed by atoms with Gasteiger partial charge < -0.3 is 15.7 Å². The van der Waals surface area contributed by atoms with Gasteiger partial charge in [-0.1, -0.05) is 11.3 Å². The lowest BCUT2D eigenvalue weighted by Gasteiger charge is -2.40. The van der Waals surface area contributed by atoms with E-state index in [9.17, 15) is 14.8 Å². The standard InChI is InChI=1S/C29H27F2N9O/c1-29(41)12-19(13-29)40-24-11-22(31)20(10-23(24)36-37-40)26-25(16-4-5-17(14-32)21(30)9-16)35-28-27(34-6-8-39(26)28)38-7-2-3-18(33)15-38/h4-6,8-11,18-19,41H,2-3,7,12-13,15,33H2,1H3/t18-,19?,29?/m1/s1. The Morgan fingerprint density at radius 3 is 2.73 bits per heavy atom. The van der Waals surface area contributed by atoms with Crippen molar-refractivity contribution in [3.63, 3.8) is 0 Å². The molecule has 1 aliphatic heterocycles. The van der Waals surface area contributed by atoms with Gasteiger partial charge in [-0.15, -0.1) is 5.10 Å². The first-order valence-electron chi connectivity index (χ1n) is 13.6. The van der Waals surface area contributed by atoms with E-state index in [1.807, 2.05) is 6.07 Å². The van der Waals surface area contributed by atoms with Gasteiger partial charge in [0.15, 0.2) is 11.5 Å². The molecule has 1 aliphatic carbocycles. The van der Waals surface area contributed by atoms with Crippen LogP contribution in [0.5, 0.6) is 0 Å². The Labute approximate surface area is 233 Å². The quantitative estimate of drug-likeness (QED) is 0.340. The number of imidazole rings is 1. The van der Waals surface area contributed by atoms with Gasteiger partial charge >= 0.3 is 0 Å². The molecule has 2 aromatic carbocycles. The van der Waals surface area contributed by atoms with E-state index in [1.54, 1.807) is 40.5 Å². The zero-order valence-electron chi connectivity index (χ0n) is 22.3. The minimum absolute atomic E-state index is 0.00541. The Balaban J connectivity index is 1.43. The van der Waals surface area contributed by atoms with Crippen molar-refractivity contribution >= 4 is 22.5 Å². The molecule has 0 amide bonds. The van der Waals surface area contributed by atoms with Crippen molar-refractivity contribution in [3.05, 3.63) is 59.9 Å². The third-order valence-corrected chi connectivity index (χ3v) is 8.16. The second-order valence-electron chi connectivity index (χ2n) is 11.3. The molecule has 7 rings (SSSR count). The molecule has 1 saturated heterocycles. The molecule has 0 unspecified atom stereocenters. The van der Waals surface area contributed by atoms with Crippen molar-refractivity contribution in [2.24, 2.45) is 5.73 Å². The van der Waals surface area contributed by atoms with E-state index < -0.39 is 17.2 Å². The Hall–Kier alpha value is -4.47. The lowest BCUT2D eigenvalue weighted by atomic mass is 9.77. The lowest BCUT2D eigenvalue weighted by Crippen LogP contribution is -2.43. The number of nitrogens with two attached hydrogens (primary N) is 1. The van der Waals surface area contributed by atoms with Crippen LogP contribution in [-0.4, -0.2) is 59.2 Å². The van der Waals surface area contributed by atoms with Crippen LogP contribution in [0.15, 0.2) is 42.7 Å². The Bertz CT molecular complexity index is 1860. The lowest BCUT2D eigenvalue weighted by molar-refractivity contribution is -0.0534. The van der Waals surface area contributed by atoms with E-state index in [1.165, 1.54) is 18.2 Å². The maximum Gasteiger partial charge on any atom is 0.181 e. The van der Waals surface area contributed by atoms with Gasteiger partial charge in [-0.25, -0.2) is 23.4 Å². The molecule has 2 aliphatic rings. The number of anilines is 1. The first kappa shape index (κ1) is 25.5. The summed E-state index contributed by atoms with van der Waals surface area (Å²) in [5.74, 6) is -0.611. The molecule has 10 nitrogen and oxygen atoms in total. The number of fused-ring (bicyclic) bond motifs is 2. The molecule has 1 saturated carbocycles. The van der Waals surface area contributed by atoms with E-state index in [-0.39, 0.29) is 23.2 Å². The molecule has 12 heteroatoms.